The highest BCUT2D eigenvalue weighted by Crippen LogP contribution is 2.25. The average Bonchev–Trinajstić information content (AvgIpc) is 3.05. The number of nitrogens with zero attached hydrogens (tertiary/aromatic N) is 2. The number of rotatable bonds is 5. The van der Waals surface area contributed by atoms with Crippen LogP contribution in [-0.2, 0) is 23.5 Å². The quantitative estimate of drug-likeness (QED) is 0.853. The smallest absolute Gasteiger partial charge is 0.272 e. The van der Waals surface area contributed by atoms with Gasteiger partial charge < -0.3 is 9.88 Å². The fraction of sp³-hybridized carbons (Fsp3) is 0.450. The molecule has 3 rings (SSSR count). The van der Waals surface area contributed by atoms with E-state index in [4.69, 9.17) is 0 Å². The first kappa shape index (κ1) is 19.6. The maximum atomic E-state index is 13.0. The largest absolute Gasteiger partial charge is 0.345 e. The molecule has 0 aliphatic carbocycles. The highest BCUT2D eigenvalue weighted by Gasteiger charge is 2.30. The molecule has 0 radical (unpaired) electrons. The van der Waals surface area contributed by atoms with Crippen molar-refractivity contribution in [3.8, 4) is 0 Å². The SMILES string of the molecule is CCc1ccccc1NC(=O)c1cc(S(=O)(=O)N2CCC[C@H](C)C2)cn1C. The second-order valence-electron chi connectivity index (χ2n) is 7.25. The first-order valence-electron chi connectivity index (χ1n) is 9.38. The Morgan fingerprint density at radius 1 is 1.30 bits per heavy atom. The molecule has 1 N–H and O–H groups in total. The van der Waals surface area contributed by atoms with Crippen LogP contribution in [0.4, 0.5) is 5.69 Å². The summed E-state index contributed by atoms with van der Waals surface area (Å²) in [6.45, 7) is 5.16. The predicted octanol–water partition coefficient (Wildman–Crippen LogP) is 3.26. The zero-order valence-electron chi connectivity index (χ0n) is 16.1. The lowest BCUT2D eigenvalue weighted by molar-refractivity contribution is 0.101. The molecule has 0 spiro atoms. The number of para-hydroxylation sites is 1. The minimum atomic E-state index is -3.58. The van der Waals surface area contributed by atoms with Crippen molar-refractivity contribution in [2.24, 2.45) is 13.0 Å². The van der Waals surface area contributed by atoms with Gasteiger partial charge in [-0.15, -0.1) is 0 Å². The molecule has 27 heavy (non-hydrogen) atoms. The zero-order valence-corrected chi connectivity index (χ0v) is 16.9. The Bertz CT molecular complexity index is 934. The van der Waals surface area contributed by atoms with Gasteiger partial charge >= 0.3 is 0 Å². The first-order valence-corrected chi connectivity index (χ1v) is 10.8. The van der Waals surface area contributed by atoms with Crippen LogP contribution in [-0.4, -0.2) is 36.3 Å². The summed E-state index contributed by atoms with van der Waals surface area (Å²) in [7, 11) is -1.89. The van der Waals surface area contributed by atoms with E-state index in [1.54, 1.807) is 11.6 Å². The third-order valence-electron chi connectivity index (χ3n) is 5.12. The van der Waals surface area contributed by atoms with Gasteiger partial charge in [0.15, 0.2) is 0 Å². The molecule has 1 fully saturated rings. The first-order chi connectivity index (χ1) is 12.8. The van der Waals surface area contributed by atoms with Crippen LogP contribution in [0.5, 0.6) is 0 Å². The number of amides is 1. The molecule has 1 amide bonds. The van der Waals surface area contributed by atoms with Gasteiger partial charge in [0.2, 0.25) is 10.0 Å². The molecule has 0 bridgehead atoms. The lowest BCUT2D eigenvalue weighted by Crippen LogP contribution is -2.38. The van der Waals surface area contributed by atoms with E-state index in [1.165, 1.54) is 16.6 Å². The van der Waals surface area contributed by atoms with Crippen molar-refractivity contribution >= 4 is 21.6 Å². The molecule has 1 aliphatic heterocycles. The van der Waals surface area contributed by atoms with Crippen LogP contribution >= 0.6 is 0 Å². The van der Waals surface area contributed by atoms with E-state index in [0.717, 1.165) is 30.5 Å². The second kappa shape index (κ2) is 7.86. The molecule has 2 heterocycles. The van der Waals surface area contributed by atoms with Gasteiger partial charge in [-0.2, -0.15) is 4.31 Å². The van der Waals surface area contributed by atoms with Gasteiger partial charge in [0, 0.05) is 32.0 Å². The molecular weight excluding hydrogens is 362 g/mol. The molecule has 0 saturated carbocycles. The molecule has 2 aromatic rings. The molecule has 7 heteroatoms. The van der Waals surface area contributed by atoms with Crippen molar-refractivity contribution < 1.29 is 13.2 Å². The number of hydrogen-bond donors (Lipinski definition) is 1. The third-order valence-corrected chi connectivity index (χ3v) is 6.95. The van der Waals surface area contributed by atoms with Crippen LogP contribution in [0.15, 0.2) is 41.4 Å². The van der Waals surface area contributed by atoms with Crippen LogP contribution in [0.2, 0.25) is 0 Å². The Labute approximate surface area is 161 Å². The summed E-state index contributed by atoms with van der Waals surface area (Å²) in [6, 6.07) is 9.09. The second-order valence-corrected chi connectivity index (χ2v) is 9.19. The van der Waals surface area contributed by atoms with Gasteiger partial charge in [0.25, 0.3) is 5.91 Å². The predicted molar refractivity (Wildman–Crippen MR) is 106 cm³/mol. The summed E-state index contributed by atoms with van der Waals surface area (Å²) >= 11 is 0. The normalized spacial score (nSPS) is 18.4. The number of hydrogen-bond acceptors (Lipinski definition) is 3. The number of benzene rings is 1. The molecule has 1 atom stereocenters. The highest BCUT2D eigenvalue weighted by molar-refractivity contribution is 7.89. The van der Waals surface area contributed by atoms with Crippen molar-refractivity contribution in [2.45, 2.75) is 38.0 Å². The highest BCUT2D eigenvalue weighted by atomic mass is 32.2. The van der Waals surface area contributed by atoms with E-state index in [9.17, 15) is 13.2 Å². The molecular formula is C20H27N3O3S. The van der Waals surface area contributed by atoms with Gasteiger partial charge in [0.05, 0.1) is 0 Å². The average molecular weight is 390 g/mol. The summed E-state index contributed by atoms with van der Waals surface area (Å²) in [6.07, 6.45) is 4.24. The standard InChI is InChI=1S/C20H27N3O3S/c1-4-16-9-5-6-10-18(16)21-20(24)19-12-17(14-22(19)3)27(25,26)23-11-7-8-15(2)13-23/h5-6,9-10,12,14-15H,4,7-8,11,13H2,1-3H3,(H,21,24)/t15-/m0/s1. The van der Waals surface area contributed by atoms with Gasteiger partial charge in [0.1, 0.15) is 10.6 Å². The van der Waals surface area contributed by atoms with Crippen molar-refractivity contribution in [3.05, 3.63) is 47.8 Å². The fourth-order valence-corrected chi connectivity index (χ4v) is 5.22. The summed E-state index contributed by atoms with van der Waals surface area (Å²) in [5.74, 6) is 0.0393. The number of carbonyl (C=O) groups is 1. The topological polar surface area (TPSA) is 71.4 Å². The Morgan fingerprint density at radius 3 is 2.74 bits per heavy atom. The molecule has 1 saturated heterocycles. The number of piperidine rings is 1. The van der Waals surface area contributed by atoms with E-state index in [2.05, 4.69) is 12.2 Å². The summed E-state index contributed by atoms with van der Waals surface area (Å²) in [4.78, 5) is 12.9. The van der Waals surface area contributed by atoms with E-state index >= 15 is 0 Å². The maximum Gasteiger partial charge on any atom is 0.272 e. The molecule has 1 aromatic carbocycles. The van der Waals surface area contributed by atoms with Gasteiger partial charge in [-0.05, 0) is 42.9 Å². The summed E-state index contributed by atoms with van der Waals surface area (Å²) in [5.41, 5.74) is 2.11. The lowest BCUT2D eigenvalue weighted by Gasteiger charge is -2.29. The molecule has 6 nitrogen and oxygen atoms in total. The van der Waals surface area contributed by atoms with Crippen LogP contribution < -0.4 is 5.32 Å². The fourth-order valence-electron chi connectivity index (χ4n) is 3.55. The monoisotopic (exact) mass is 389 g/mol. The lowest BCUT2D eigenvalue weighted by atomic mass is 10.0. The summed E-state index contributed by atoms with van der Waals surface area (Å²) in [5, 5.41) is 2.90. The number of carbonyl (C=O) groups excluding carboxylic acids is 1. The molecule has 146 valence electrons. The molecule has 0 unspecified atom stereocenters. The Morgan fingerprint density at radius 2 is 2.04 bits per heavy atom. The Balaban J connectivity index is 1.84. The van der Waals surface area contributed by atoms with Crippen LogP contribution in [0.25, 0.3) is 0 Å². The van der Waals surface area contributed by atoms with Crippen molar-refractivity contribution in [2.75, 3.05) is 18.4 Å². The van der Waals surface area contributed by atoms with Crippen molar-refractivity contribution in [1.82, 2.24) is 8.87 Å². The zero-order chi connectivity index (χ0) is 19.6. The minimum absolute atomic E-state index is 0.174. The van der Waals surface area contributed by atoms with Crippen LogP contribution in [0, 0.1) is 5.92 Å². The van der Waals surface area contributed by atoms with E-state index in [0.29, 0.717) is 24.7 Å². The number of aromatic nitrogens is 1. The number of aryl methyl sites for hydroxylation is 2. The van der Waals surface area contributed by atoms with E-state index in [1.807, 2.05) is 31.2 Å². The van der Waals surface area contributed by atoms with Crippen molar-refractivity contribution in [3.63, 3.8) is 0 Å². The van der Waals surface area contributed by atoms with Crippen LogP contribution in [0.3, 0.4) is 0 Å². The van der Waals surface area contributed by atoms with E-state index in [-0.39, 0.29) is 10.8 Å². The number of sulfonamides is 1. The van der Waals surface area contributed by atoms with Gasteiger partial charge in [-0.1, -0.05) is 32.0 Å². The Hall–Kier alpha value is -2.12. The van der Waals surface area contributed by atoms with Crippen molar-refractivity contribution in [1.29, 1.82) is 0 Å². The number of nitrogens with one attached hydrogen (secondary N) is 1. The van der Waals surface area contributed by atoms with E-state index < -0.39 is 10.0 Å². The summed E-state index contributed by atoms with van der Waals surface area (Å²) < 4.78 is 29.0. The van der Waals surface area contributed by atoms with Crippen LogP contribution in [0.1, 0.15) is 42.7 Å². The molecule has 1 aromatic heterocycles. The maximum absolute atomic E-state index is 13.0. The minimum Gasteiger partial charge on any atom is -0.345 e. The Kier molecular flexibility index (Phi) is 5.72. The third kappa shape index (κ3) is 4.09. The number of anilines is 1. The van der Waals surface area contributed by atoms with Gasteiger partial charge in [-0.25, -0.2) is 8.42 Å². The van der Waals surface area contributed by atoms with Gasteiger partial charge in [-0.3, -0.25) is 4.79 Å². The molecule has 1 aliphatic rings.